The largest absolute Gasteiger partial charge is 0.493 e. The first kappa shape index (κ1) is 18.9. The zero-order valence-electron chi connectivity index (χ0n) is 13.8. The molecule has 0 saturated heterocycles. The van der Waals surface area contributed by atoms with Gasteiger partial charge < -0.3 is 19.5 Å². The van der Waals surface area contributed by atoms with E-state index in [9.17, 15) is 0 Å². The molecule has 4 nitrogen and oxygen atoms in total. The van der Waals surface area contributed by atoms with Gasteiger partial charge in [0, 0.05) is 25.2 Å². The zero-order chi connectivity index (χ0) is 17.4. The third kappa shape index (κ3) is 5.56. The summed E-state index contributed by atoms with van der Waals surface area (Å²) in [5.74, 6) is 1.15. The number of ether oxygens (including phenoxy) is 3. The summed E-state index contributed by atoms with van der Waals surface area (Å²) in [4.78, 5) is 0. The Bertz CT molecular complexity index is 647. The van der Waals surface area contributed by atoms with Gasteiger partial charge in [0.1, 0.15) is 6.61 Å². The van der Waals surface area contributed by atoms with Crippen LogP contribution in [0, 0.1) is 0 Å². The smallest absolute Gasteiger partial charge is 0.180 e. The highest BCUT2D eigenvalue weighted by atomic mass is 35.5. The summed E-state index contributed by atoms with van der Waals surface area (Å²) in [7, 11) is 3.28. The summed E-state index contributed by atoms with van der Waals surface area (Å²) in [5, 5.41) is 4.49. The standard InChI is InChI=1S/C18H21Cl2NO3/c1-22-8-7-21-11-14-9-16(20)18(17(10-14)23-2)24-12-13-3-5-15(19)6-4-13/h3-6,9-10,21H,7-8,11-12H2,1-2H3. The van der Waals surface area contributed by atoms with E-state index in [4.69, 9.17) is 37.4 Å². The highest BCUT2D eigenvalue weighted by Crippen LogP contribution is 2.37. The summed E-state index contributed by atoms with van der Waals surface area (Å²) in [5.41, 5.74) is 2.02. The molecule has 0 aliphatic carbocycles. The number of halogens is 2. The molecule has 0 spiro atoms. The molecule has 24 heavy (non-hydrogen) atoms. The lowest BCUT2D eigenvalue weighted by Gasteiger charge is -2.15. The molecule has 0 saturated carbocycles. The van der Waals surface area contributed by atoms with Crippen molar-refractivity contribution < 1.29 is 14.2 Å². The highest BCUT2D eigenvalue weighted by molar-refractivity contribution is 6.32. The maximum atomic E-state index is 6.37. The summed E-state index contributed by atoms with van der Waals surface area (Å²) in [6.07, 6.45) is 0. The van der Waals surface area contributed by atoms with E-state index in [2.05, 4.69) is 5.32 Å². The van der Waals surface area contributed by atoms with Gasteiger partial charge in [-0.1, -0.05) is 35.3 Å². The van der Waals surface area contributed by atoms with E-state index in [0.717, 1.165) is 17.7 Å². The number of nitrogens with one attached hydrogen (secondary N) is 1. The maximum Gasteiger partial charge on any atom is 0.180 e. The quantitative estimate of drug-likeness (QED) is 0.668. The minimum atomic E-state index is 0.388. The first-order valence-corrected chi connectivity index (χ1v) is 8.33. The SMILES string of the molecule is COCCNCc1cc(Cl)c(OCc2ccc(Cl)cc2)c(OC)c1. The molecular formula is C18H21Cl2NO3. The molecule has 1 N–H and O–H groups in total. The van der Waals surface area contributed by atoms with E-state index in [1.807, 2.05) is 36.4 Å². The third-order valence-corrected chi connectivity index (χ3v) is 3.93. The molecule has 2 aromatic carbocycles. The average molecular weight is 370 g/mol. The first-order chi connectivity index (χ1) is 11.6. The van der Waals surface area contributed by atoms with Crippen LogP contribution < -0.4 is 14.8 Å². The molecule has 0 fully saturated rings. The van der Waals surface area contributed by atoms with Gasteiger partial charge in [0.2, 0.25) is 0 Å². The molecule has 2 aromatic rings. The first-order valence-electron chi connectivity index (χ1n) is 7.57. The van der Waals surface area contributed by atoms with Crippen LogP contribution in [0.1, 0.15) is 11.1 Å². The summed E-state index contributed by atoms with van der Waals surface area (Å²) in [6.45, 7) is 2.49. The second-order valence-corrected chi connectivity index (χ2v) is 6.04. The van der Waals surface area contributed by atoms with Crippen LogP contribution in [-0.2, 0) is 17.9 Å². The number of benzene rings is 2. The molecule has 0 aromatic heterocycles. The molecule has 0 aliphatic heterocycles. The lowest BCUT2D eigenvalue weighted by molar-refractivity contribution is 0.199. The van der Waals surface area contributed by atoms with Crippen LogP contribution >= 0.6 is 23.2 Å². The van der Waals surface area contributed by atoms with Crippen molar-refractivity contribution in [3.8, 4) is 11.5 Å². The van der Waals surface area contributed by atoms with E-state index in [-0.39, 0.29) is 0 Å². The molecule has 0 aliphatic rings. The molecule has 0 unspecified atom stereocenters. The molecule has 0 heterocycles. The lowest BCUT2D eigenvalue weighted by Crippen LogP contribution is -2.18. The highest BCUT2D eigenvalue weighted by Gasteiger charge is 2.12. The van der Waals surface area contributed by atoms with Crippen LogP contribution in [0.3, 0.4) is 0 Å². The molecule has 0 bridgehead atoms. The predicted octanol–water partition coefficient (Wildman–Crippen LogP) is 4.32. The molecule has 0 radical (unpaired) electrons. The van der Waals surface area contributed by atoms with Gasteiger partial charge >= 0.3 is 0 Å². The van der Waals surface area contributed by atoms with Crippen LogP contribution in [0.5, 0.6) is 11.5 Å². The van der Waals surface area contributed by atoms with Crippen LogP contribution in [-0.4, -0.2) is 27.4 Å². The molecule has 0 amide bonds. The Balaban J connectivity index is 2.04. The third-order valence-electron chi connectivity index (χ3n) is 3.40. The minimum absolute atomic E-state index is 0.388. The van der Waals surface area contributed by atoms with Crippen molar-refractivity contribution in [1.82, 2.24) is 5.32 Å². The van der Waals surface area contributed by atoms with E-state index in [1.165, 1.54) is 0 Å². The lowest BCUT2D eigenvalue weighted by atomic mass is 10.2. The number of hydrogen-bond donors (Lipinski definition) is 1. The Hall–Kier alpha value is -1.46. The predicted molar refractivity (Wildman–Crippen MR) is 97.4 cm³/mol. The molecule has 2 rings (SSSR count). The van der Waals surface area contributed by atoms with Crippen molar-refractivity contribution in [3.63, 3.8) is 0 Å². The van der Waals surface area contributed by atoms with Gasteiger partial charge in [0.05, 0.1) is 18.7 Å². The monoisotopic (exact) mass is 369 g/mol. The minimum Gasteiger partial charge on any atom is -0.493 e. The van der Waals surface area contributed by atoms with Crippen molar-refractivity contribution in [2.45, 2.75) is 13.2 Å². The fourth-order valence-electron chi connectivity index (χ4n) is 2.16. The van der Waals surface area contributed by atoms with Crippen LogP contribution in [0.15, 0.2) is 36.4 Å². The second-order valence-electron chi connectivity index (χ2n) is 5.19. The normalized spacial score (nSPS) is 10.7. The van der Waals surface area contributed by atoms with Crippen molar-refractivity contribution in [2.75, 3.05) is 27.4 Å². The Kier molecular flexibility index (Phi) is 7.66. The Morgan fingerprint density at radius 1 is 1.00 bits per heavy atom. The fourth-order valence-corrected chi connectivity index (χ4v) is 2.57. The zero-order valence-corrected chi connectivity index (χ0v) is 15.3. The summed E-state index contributed by atoms with van der Waals surface area (Å²) < 4.78 is 16.3. The van der Waals surface area contributed by atoms with Gasteiger partial charge in [-0.05, 0) is 35.4 Å². The molecular weight excluding hydrogens is 349 g/mol. The van der Waals surface area contributed by atoms with Gasteiger partial charge in [-0.2, -0.15) is 0 Å². The summed E-state index contributed by atoms with van der Waals surface area (Å²) in [6, 6.07) is 11.3. The number of methoxy groups -OCH3 is 2. The number of hydrogen-bond acceptors (Lipinski definition) is 4. The average Bonchev–Trinajstić information content (AvgIpc) is 2.59. The Morgan fingerprint density at radius 2 is 1.75 bits per heavy atom. The Morgan fingerprint density at radius 3 is 2.42 bits per heavy atom. The van der Waals surface area contributed by atoms with Crippen LogP contribution in [0.25, 0.3) is 0 Å². The van der Waals surface area contributed by atoms with E-state index >= 15 is 0 Å². The van der Waals surface area contributed by atoms with E-state index < -0.39 is 0 Å². The maximum absolute atomic E-state index is 6.37. The van der Waals surface area contributed by atoms with Crippen LogP contribution in [0.2, 0.25) is 10.0 Å². The van der Waals surface area contributed by atoms with Gasteiger partial charge in [0.25, 0.3) is 0 Å². The van der Waals surface area contributed by atoms with Crippen LogP contribution in [0.4, 0.5) is 0 Å². The van der Waals surface area contributed by atoms with Crippen molar-refractivity contribution in [1.29, 1.82) is 0 Å². The fraction of sp³-hybridized carbons (Fsp3) is 0.333. The molecule has 130 valence electrons. The van der Waals surface area contributed by atoms with Crippen molar-refractivity contribution >= 4 is 23.2 Å². The van der Waals surface area contributed by atoms with Crippen molar-refractivity contribution in [3.05, 3.63) is 57.6 Å². The van der Waals surface area contributed by atoms with Gasteiger partial charge in [-0.25, -0.2) is 0 Å². The van der Waals surface area contributed by atoms with E-state index in [0.29, 0.717) is 41.3 Å². The molecule has 6 heteroatoms. The van der Waals surface area contributed by atoms with Gasteiger partial charge in [-0.3, -0.25) is 0 Å². The molecule has 0 atom stereocenters. The van der Waals surface area contributed by atoms with Gasteiger partial charge in [0.15, 0.2) is 11.5 Å². The topological polar surface area (TPSA) is 39.7 Å². The van der Waals surface area contributed by atoms with E-state index in [1.54, 1.807) is 14.2 Å². The Labute approximate surface area is 152 Å². The number of rotatable bonds is 9. The van der Waals surface area contributed by atoms with Gasteiger partial charge in [-0.15, -0.1) is 0 Å². The van der Waals surface area contributed by atoms with Crippen molar-refractivity contribution in [2.24, 2.45) is 0 Å². The second kappa shape index (κ2) is 9.74. The summed E-state index contributed by atoms with van der Waals surface area (Å²) >= 11 is 12.3.